The van der Waals surface area contributed by atoms with E-state index in [4.69, 9.17) is 5.73 Å². The second-order valence-electron chi connectivity index (χ2n) is 3.20. The number of benzene rings is 1. The van der Waals surface area contributed by atoms with Crippen molar-refractivity contribution in [2.24, 2.45) is 0 Å². The molecular weight excluding hydrogens is 195 g/mol. The van der Waals surface area contributed by atoms with Crippen LogP contribution in [0.2, 0.25) is 0 Å². The number of H-pyrrole nitrogens is 1. The van der Waals surface area contributed by atoms with Crippen LogP contribution >= 0.6 is 0 Å². The quantitative estimate of drug-likeness (QED) is 0.735. The van der Waals surface area contributed by atoms with Gasteiger partial charge in [-0.25, -0.2) is 9.37 Å². The van der Waals surface area contributed by atoms with Crippen LogP contribution in [0.4, 0.5) is 10.1 Å². The molecule has 0 atom stereocenters. The van der Waals surface area contributed by atoms with Gasteiger partial charge >= 0.3 is 0 Å². The highest BCUT2D eigenvalue weighted by Crippen LogP contribution is 2.19. The number of nitrogen functional groups attached to an aromatic ring is 1. The predicted octanol–water partition coefficient (Wildman–Crippen LogP) is 1.76. The van der Waals surface area contributed by atoms with Crippen LogP contribution in [0, 0.1) is 5.82 Å². The molecule has 0 saturated heterocycles. The predicted molar refractivity (Wildman–Crippen MR) is 55.6 cm³/mol. The van der Waals surface area contributed by atoms with Crippen LogP contribution in [0.15, 0.2) is 18.2 Å². The van der Waals surface area contributed by atoms with E-state index in [0.29, 0.717) is 11.4 Å². The van der Waals surface area contributed by atoms with E-state index in [1.54, 1.807) is 6.07 Å². The molecule has 15 heavy (non-hydrogen) atoms. The van der Waals surface area contributed by atoms with Crippen LogP contribution in [0.25, 0.3) is 11.4 Å². The summed E-state index contributed by atoms with van der Waals surface area (Å²) in [5.74, 6) is 0.823. The number of halogens is 1. The molecule has 2 rings (SSSR count). The lowest BCUT2D eigenvalue weighted by molar-refractivity contribution is 0.633. The summed E-state index contributed by atoms with van der Waals surface area (Å²) in [5, 5.41) is 6.76. The van der Waals surface area contributed by atoms with Crippen molar-refractivity contribution in [1.29, 1.82) is 0 Å². The van der Waals surface area contributed by atoms with Crippen molar-refractivity contribution in [3.63, 3.8) is 0 Å². The molecule has 0 aliphatic rings. The second kappa shape index (κ2) is 3.68. The summed E-state index contributed by atoms with van der Waals surface area (Å²) >= 11 is 0. The van der Waals surface area contributed by atoms with Crippen molar-refractivity contribution < 1.29 is 4.39 Å². The Kier molecular flexibility index (Phi) is 2.37. The van der Waals surface area contributed by atoms with Gasteiger partial charge in [0.15, 0.2) is 5.82 Å². The van der Waals surface area contributed by atoms with Crippen LogP contribution < -0.4 is 5.73 Å². The Morgan fingerprint density at radius 1 is 1.47 bits per heavy atom. The maximum Gasteiger partial charge on any atom is 0.181 e. The molecule has 0 aliphatic carbocycles. The smallest absolute Gasteiger partial charge is 0.181 e. The number of hydrogen-bond acceptors (Lipinski definition) is 3. The van der Waals surface area contributed by atoms with E-state index in [-0.39, 0.29) is 5.69 Å². The minimum atomic E-state index is -0.449. The Morgan fingerprint density at radius 3 is 2.87 bits per heavy atom. The standard InChI is InChI=1S/C10H11FN4/c1-2-9-13-10(15-14-9)6-3-4-8(12)7(11)5-6/h3-5H,2,12H2,1H3,(H,13,14,15). The highest BCUT2D eigenvalue weighted by Gasteiger charge is 2.07. The number of hydrogen-bond donors (Lipinski definition) is 2. The molecule has 1 aromatic carbocycles. The maximum absolute atomic E-state index is 13.2. The average Bonchev–Trinajstić information content (AvgIpc) is 2.70. The minimum absolute atomic E-state index is 0.130. The topological polar surface area (TPSA) is 67.6 Å². The number of rotatable bonds is 2. The summed E-state index contributed by atoms with van der Waals surface area (Å²) < 4.78 is 13.2. The van der Waals surface area contributed by atoms with Gasteiger partial charge < -0.3 is 5.73 Å². The summed E-state index contributed by atoms with van der Waals surface area (Å²) in [5.41, 5.74) is 6.13. The second-order valence-corrected chi connectivity index (χ2v) is 3.20. The molecule has 0 unspecified atom stereocenters. The number of aromatic amines is 1. The Labute approximate surface area is 86.3 Å². The minimum Gasteiger partial charge on any atom is -0.396 e. The molecule has 0 radical (unpaired) electrons. The van der Waals surface area contributed by atoms with Crippen molar-refractivity contribution >= 4 is 5.69 Å². The third kappa shape index (κ3) is 1.81. The maximum atomic E-state index is 13.2. The van der Waals surface area contributed by atoms with Crippen LogP contribution in [0.1, 0.15) is 12.7 Å². The Bertz CT molecular complexity index is 478. The molecule has 3 N–H and O–H groups in total. The first-order valence-corrected chi connectivity index (χ1v) is 4.67. The Hall–Kier alpha value is -1.91. The zero-order chi connectivity index (χ0) is 10.8. The third-order valence-corrected chi connectivity index (χ3v) is 2.13. The van der Waals surface area contributed by atoms with Crippen LogP contribution in [0.5, 0.6) is 0 Å². The van der Waals surface area contributed by atoms with Crippen molar-refractivity contribution in [1.82, 2.24) is 15.2 Å². The number of nitrogens with zero attached hydrogens (tertiary/aromatic N) is 2. The van der Waals surface area contributed by atoms with Crippen LogP contribution in [0.3, 0.4) is 0 Å². The van der Waals surface area contributed by atoms with Gasteiger partial charge in [-0.3, -0.25) is 5.10 Å². The molecule has 0 fully saturated rings. The molecule has 1 heterocycles. The first-order valence-electron chi connectivity index (χ1n) is 4.67. The lowest BCUT2D eigenvalue weighted by atomic mass is 10.2. The zero-order valence-corrected chi connectivity index (χ0v) is 8.29. The van der Waals surface area contributed by atoms with Gasteiger partial charge in [0.25, 0.3) is 0 Å². The summed E-state index contributed by atoms with van der Waals surface area (Å²) in [6.45, 7) is 1.97. The summed E-state index contributed by atoms with van der Waals surface area (Å²) in [4.78, 5) is 4.20. The number of anilines is 1. The van der Waals surface area contributed by atoms with E-state index in [1.165, 1.54) is 12.1 Å². The van der Waals surface area contributed by atoms with E-state index >= 15 is 0 Å². The molecule has 0 bridgehead atoms. The Balaban J connectivity index is 2.40. The van der Waals surface area contributed by atoms with Gasteiger partial charge in [0, 0.05) is 12.0 Å². The van der Waals surface area contributed by atoms with E-state index in [9.17, 15) is 4.39 Å². The molecule has 5 heteroatoms. The number of aromatic nitrogens is 3. The van der Waals surface area contributed by atoms with E-state index in [0.717, 1.165) is 12.2 Å². The van der Waals surface area contributed by atoms with E-state index in [1.807, 2.05) is 6.92 Å². The molecule has 0 spiro atoms. The van der Waals surface area contributed by atoms with Gasteiger partial charge in [0.1, 0.15) is 11.6 Å². The summed E-state index contributed by atoms with van der Waals surface area (Å²) in [6.07, 6.45) is 0.768. The summed E-state index contributed by atoms with van der Waals surface area (Å²) in [6, 6.07) is 4.53. The fourth-order valence-electron chi connectivity index (χ4n) is 1.25. The van der Waals surface area contributed by atoms with Gasteiger partial charge in [-0.15, -0.1) is 0 Å². The number of aryl methyl sites for hydroxylation is 1. The van der Waals surface area contributed by atoms with Crippen LogP contribution in [-0.2, 0) is 6.42 Å². The molecule has 0 amide bonds. The monoisotopic (exact) mass is 206 g/mol. The first kappa shape index (κ1) is 9.64. The van der Waals surface area contributed by atoms with Gasteiger partial charge in [-0.05, 0) is 18.2 Å². The molecule has 2 aromatic rings. The van der Waals surface area contributed by atoms with Crippen molar-refractivity contribution in [3.8, 4) is 11.4 Å². The molecule has 0 aliphatic heterocycles. The van der Waals surface area contributed by atoms with E-state index < -0.39 is 5.82 Å². The molecule has 78 valence electrons. The van der Waals surface area contributed by atoms with Gasteiger partial charge in [0.05, 0.1) is 5.69 Å². The molecule has 1 aromatic heterocycles. The largest absolute Gasteiger partial charge is 0.396 e. The van der Waals surface area contributed by atoms with Crippen LogP contribution in [-0.4, -0.2) is 15.2 Å². The Morgan fingerprint density at radius 2 is 2.27 bits per heavy atom. The van der Waals surface area contributed by atoms with Crippen molar-refractivity contribution in [3.05, 3.63) is 29.8 Å². The highest BCUT2D eigenvalue weighted by atomic mass is 19.1. The average molecular weight is 206 g/mol. The fraction of sp³-hybridized carbons (Fsp3) is 0.200. The third-order valence-electron chi connectivity index (χ3n) is 2.13. The molecular formula is C10H11FN4. The molecule has 0 saturated carbocycles. The summed E-state index contributed by atoms with van der Waals surface area (Å²) in [7, 11) is 0. The fourth-order valence-corrected chi connectivity index (χ4v) is 1.25. The lowest BCUT2D eigenvalue weighted by Gasteiger charge is -1.98. The number of nitrogens with two attached hydrogens (primary N) is 1. The van der Waals surface area contributed by atoms with Gasteiger partial charge in [0.2, 0.25) is 0 Å². The van der Waals surface area contributed by atoms with Gasteiger partial charge in [-0.1, -0.05) is 6.92 Å². The first-order chi connectivity index (χ1) is 7.20. The van der Waals surface area contributed by atoms with Gasteiger partial charge in [-0.2, -0.15) is 5.10 Å². The highest BCUT2D eigenvalue weighted by molar-refractivity contribution is 5.58. The SMILES string of the molecule is CCc1nc(-c2ccc(N)c(F)c2)n[nH]1. The van der Waals surface area contributed by atoms with Crippen molar-refractivity contribution in [2.75, 3.05) is 5.73 Å². The zero-order valence-electron chi connectivity index (χ0n) is 8.29. The normalized spacial score (nSPS) is 10.5. The lowest BCUT2D eigenvalue weighted by Crippen LogP contribution is -1.91. The molecule has 4 nitrogen and oxygen atoms in total. The van der Waals surface area contributed by atoms with E-state index in [2.05, 4.69) is 15.2 Å². The number of nitrogens with one attached hydrogen (secondary N) is 1. The van der Waals surface area contributed by atoms with Crippen molar-refractivity contribution in [2.45, 2.75) is 13.3 Å².